The molecule has 0 saturated heterocycles. The average molecular weight is 293 g/mol. The molecule has 2 rings (SSSR count). The van der Waals surface area contributed by atoms with E-state index in [0.717, 1.165) is 0 Å². The molecule has 0 spiro atoms. The van der Waals surface area contributed by atoms with E-state index in [2.05, 4.69) is 0 Å². The van der Waals surface area contributed by atoms with Gasteiger partial charge < -0.3 is 14.7 Å². The van der Waals surface area contributed by atoms with Crippen molar-refractivity contribution in [1.82, 2.24) is 4.90 Å². The topological polar surface area (TPSA) is 73.6 Å². The van der Waals surface area contributed by atoms with Crippen LogP contribution in [0.1, 0.15) is 28.9 Å². The number of halogens is 1. The Morgan fingerprint density at radius 2 is 2.30 bits per heavy atom. The summed E-state index contributed by atoms with van der Waals surface area (Å²) >= 11 is 6.14. The Kier molecular flexibility index (Phi) is 3.86. The van der Waals surface area contributed by atoms with Crippen molar-refractivity contribution in [2.45, 2.75) is 13.0 Å². The number of carbonyl (C=O) groups is 1. The number of fused-ring (bicyclic) bond motifs is 1. The number of ether oxygens (including phenoxy) is 1. The Morgan fingerprint density at radius 3 is 2.90 bits per heavy atom. The van der Waals surface area contributed by atoms with Gasteiger partial charge in [-0.05, 0) is 19.1 Å². The molecule has 1 amide bonds. The van der Waals surface area contributed by atoms with Crippen molar-refractivity contribution in [3.63, 3.8) is 0 Å². The molecule has 0 saturated carbocycles. The smallest absolute Gasteiger partial charge is 0.293 e. The first-order chi connectivity index (χ1) is 9.52. The van der Waals surface area contributed by atoms with Gasteiger partial charge in [-0.25, -0.2) is 0 Å². The van der Waals surface area contributed by atoms with E-state index >= 15 is 0 Å². The highest BCUT2D eigenvalue weighted by Crippen LogP contribution is 2.41. The SMILES string of the molecule is CCO/C(O)=C(/C#N)C1c2c(Cl)cccc2C(=O)N1C. The predicted octanol–water partition coefficient (Wildman–Crippen LogP) is 2.80. The number of rotatable bonds is 3. The lowest BCUT2D eigenvalue weighted by atomic mass is 9.99. The summed E-state index contributed by atoms with van der Waals surface area (Å²) in [7, 11) is 1.56. The second-order valence-corrected chi connectivity index (χ2v) is 4.69. The van der Waals surface area contributed by atoms with Crippen LogP contribution in [-0.2, 0) is 4.74 Å². The summed E-state index contributed by atoms with van der Waals surface area (Å²) in [5.74, 6) is -0.725. The summed E-state index contributed by atoms with van der Waals surface area (Å²) in [4.78, 5) is 13.5. The first-order valence-corrected chi connectivity index (χ1v) is 6.42. The zero-order chi connectivity index (χ0) is 14.9. The van der Waals surface area contributed by atoms with Crippen LogP contribution < -0.4 is 0 Å². The molecule has 0 aliphatic carbocycles. The number of aliphatic hydroxyl groups excluding tert-OH is 1. The maximum absolute atomic E-state index is 12.2. The fourth-order valence-corrected chi connectivity index (χ4v) is 2.56. The van der Waals surface area contributed by atoms with Crippen LogP contribution in [0.15, 0.2) is 29.7 Å². The predicted molar refractivity (Wildman–Crippen MR) is 73.2 cm³/mol. The summed E-state index contributed by atoms with van der Waals surface area (Å²) in [5, 5.41) is 19.5. The van der Waals surface area contributed by atoms with Gasteiger partial charge in [-0.1, -0.05) is 17.7 Å². The van der Waals surface area contributed by atoms with Crippen LogP contribution in [0.4, 0.5) is 0 Å². The van der Waals surface area contributed by atoms with Gasteiger partial charge in [0.05, 0.1) is 6.61 Å². The van der Waals surface area contributed by atoms with Gasteiger partial charge in [0.15, 0.2) is 0 Å². The zero-order valence-corrected chi connectivity index (χ0v) is 11.8. The van der Waals surface area contributed by atoms with Crippen molar-refractivity contribution in [2.24, 2.45) is 0 Å². The summed E-state index contributed by atoms with van der Waals surface area (Å²) in [5.41, 5.74) is 0.918. The highest BCUT2D eigenvalue weighted by molar-refractivity contribution is 6.32. The van der Waals surface area contributed by atoms with E-state index in [9.17, 15) is 15.2 Å². The third-order valence-electron chi connectivity index (χ3n) is 3.17. The summed E-state index contributed by atoms with van der Waals surface area (Å²) in [6.45, 7) is 1.91. The minimum atomic E-state index is -0.734. The van der Waals surface area contributed by atoms with E-state index in [1.54, 1.807) is 32.2 Å². The largest absolute Gasteiger partial charge is 0.480 e. The normalized spacial score (nSPS) is 18.4. The number of benzene rings is 1. The van der Waals surface area contributed by atoms with Crippen LogP contribution in [0.2, 0.25) is 5.02 Å². The first kappa shape index (κ1) is 14.2. The first-order valence-electron chi connectivity index (χ1n) is 6.04. The molecule has 1 aliphatic rings. The highest BCUT2D eigenvalue weighted by Gasteiger charge is 2.40. The van der Waals surface area contributed by atoms with Crippen LogP contribution in [0.3, 0.4) is 0 Å². The van der Waals surface area contributed by atoms with E-state index in [0.29, 0.717) is 16.1 Å². The van der Waals surface area contributed by atoms with Crippen LogP contribution in [-0.4, -0.2) is 29.6 Å². The minimum Gasteiger partial charge on any atom is -0.480 e. The van der Waals surface area contributed by atoms with Gasteiger partial charge in [0, 0.05) is 23.2 Å². The molecule has 1 unspecified atom stereocenters. The molecule has 0 bridgehead atoms. The van der Waals surface area contributed by atoms with E-state index in [4.69, 9.17) is 16.3 Å². The third kappa shape index (κ3) is 2.08. The van der Waals surface area contributed by atoms with Gasteiger partial charge in [0.2, 0.25) is 0 Å². The molecular formula is C14H13ClN2O3. The van der Waals surface area contributed by atoms with Crippen LogP contribution >= 0.6 is 11.6 Å². The van der Waals surface area contributed by atoms with Crippen molar-refractivity contribution in [3.8, 4) is 6.07 Å². The number of amides is 1. The van der Waals surface area contributed by atoms with Gasteiger partial charge in [0.1, 0.15) is 17.7 Å². The van der Waals surface area contributed by atoms with Gasteiger partial charge in [-0.2, -0.15) is 5.26 Å². The number of nitrogens with zero attached hydrogens (tertiary/aromatic N) is 2. The van der Waals surface area contributed by atoms with Gasteiger partial charge >= 0.3 is 0 Å². The van der Waals surface area contributed by atoms with Gasteiger partial charge in [-0.3, -0.25) is 4.79 Å². The Bertz CT molecular complexity index is 634. The molecule has 0 aromatic heterocycles. The van der Waals surface area contributed by atoms with E-state index in [1.807, 2.05) is 6.07 Å². The monoisotopic (exact) mass is 292 g/mol. The highest BCUT2D eigenvalue weighted by atomic mass is 35.5. The van der Waals surface area contributed by atoms with Crippen LogP contribution in [0.5, 0.6) is 0 Å². The fraction of sp³-hybridized carbons (Fsp3) is 0.286. The molecule has 5 nitrogen and oxygen atoms in total. The molecule has 1 aliphatic heterocycles. The van der Waals surface area contributed by atoms with Gasteiger partial charge in [0.25, 0.3) is 11.9 Å². The number of nitriles is 1. The quantitative estimate of drug-likeness (QED) is 0.687. The van der Waals surface area contributed by atoms with E-state index in [1.165, 1.54) is 4.90 Å². The van der Waals surface area contributed by atoms with E-state index in [-0.39, 0.29) is 18.1 Å². The Hall–Kier alpha value is -2.19. The molecule has 1 N–H and O–H groups in total. The number of likely N-dealkylation sites (N-methyl/N-ethyl adjacent to an activating group) is 1. The maximum atomic E-state index is 12.2. The number of hydrogen-bond donors (Lipinski definition) is 1. The molecular weight excluding hydrogens is 280 g/mol. The van der Waals surface area contributed by atoms with Crippen LogP contribution in [0, 0.1) is 11.3 Å². The lowest BCUT2D eigenvalue weighted by molar-refractivity contribution is 0.0760. The second kappa shape index (κ2) is 5.43. The van der Waals surface area contributed by atoms with Crippen molar-refractivity contribution in [2.75, 3.05) is 13.7 Å². The molecule has 104 valence electrons. The maximum Gasteiger partial charge on any atom is 0.293 e. The van der Waals surface area contributed by atoms with Crippen LogP contribution in [0.25, 0.3) is 0 Å². The molecule has 1 aromatic rings. The number of hydrogen-bond acceptors (Lipinski definition) is 4. The zero-order valence-electron chi connectivity index (χ0n) is 11.1. The van der Waals surface area contributed by atoms with Crippen molar-refractivity contribution in [1.29, 1.82) is 5.26 Å². The lowest BCUT2D eigenvalue weighted by Crippen LogP contribution is -2.25. The summed E-state index contributed by atoms with van der Waals surface area (Å²) < 4.78 is 4.98. The summed E-state index contributed by atoms with van der Waals surface area (Å²) in [6, 6.07) is 6.13. The van der Waals surface area contributed by atoms with E-state index < -0.39 is 12.0 Å². The Balaban J connectivity index is 2.62. The standard InChI is InChI=1S/C14H13ClN2O3/c1-3-20-14(19)9(7-16)12-11-8(13(18)17(12)2)5-4-6-10(11)15/h4-6,12,19H,3H2,1-2H3/b14-9-. The van der Waals surface area contributed by atoms with Crippen molar-refractivity contribution >= 4 is 17.5 Å². The Morgan fingerprint density at radius 1 is 1.60 bits per heavy atom. The lowest BCUT2D eigenvalue weighted by Gasteiger charge is -2.21. The Labute approximate surface area is 121 Å². The van der Waals surface area contributed by atoms with Crippen molar-refractivity contribution < 1.29 is 14.6 Å². The number of aliphatic hydroxyl groups is 1. The molecule has 1 aromatic carbocycles. The minimum absolute atomic E-state index is 0.0328. The number of carbonyl (C=O) groups excluding carboxylic acids is 1. The average Bonchev–Trinajstić information content (AvgIpc) is 2.67. The van der Waals surface area contributed by atoms with Gasteiger partial charge in [-0.15, -0.1) is 0 Å². The molecule has 1 atom stereocenters. The second-order valence-electron chi connectivity index (χ2n) is 4.28. The molecule has 0 fully saturated rings. The molecule has 0 radical (unpaired) electrons. The molecule has 1 heterocycles. The van der Waals surface area contributed by atoms with Crippen molar-refractivity contribution in [3.05, 3.63) is 45.9 Å². The molecule has 20 heavy (non-hydrogen) atoms. The molecule has 6 heteroatoms. The fourth-order valence-electron chi connectivity index (χ4n) is 2.28. The summed E-state index contributed by atoms with van der Waals surface area (Å²) in [6.07, 6.45) is 0. The third-order valence-corrected chi connectivity index (χ3v) is 3.50.